The number of carbonyl (C=O) groups is 1. The van der Waals surface area contributed by atoms with Gasteiger partial charge in [-0.2, -0.15) is 5.10 Å². The first-order valence-electron chi connectivity index (χ1n) is 6.96. The number of halogens is 1. The Balaban J connectivity index is 1.91. The average Bonchev–Trinajstić information content (AvgIpc) is 2.99. The van der Waals surface area contributed by atoms with E-state index in [2.05, 4.69) is 38.4 Å². The van der Waals surface area contributed by atoms with Crippen LogP contribution in [0.1, 0.15) is 17.4 Å². The van der Waals surface area contributed by atoms with Crippen molar-refractivity contribution in [1.29, 1.82) is 0 Å². The second kappa shape index (κ2) is 8.20. The molecule has 0 fully saturated rings. The Labute approximate surface area is 156 Å². The lowest BCUT2D eigenvalue weighted by Crippen LogP contribution is -2.35. The van der Waals surface area contributed by atoms with E-state index in [1.165, 1.54) is 12.3 Å². The van der Waals surface area contributed by atoms with Crippen LogP contribution in [0.5, 0.6) is 0 Å². The molecule has 126 valence electrons. The first-order chi connectivity index (χ1) is 11.4. The highest BCUT2D eigenvalue weighted by molar-refractivity contribution is 14.1. The Bertz CT molecular complexity index is 791. The number of carbonyl (C=O) groups excluding carboxylic acids is 1. The highest BCUT2D eigenvalue weighted by Gasteiger charge is 2.13. The quantitative estimate of drug-likeness (QED) is 0.300. The molecule has 1 amide bonds. The van der Waals surface area contributed by atoms with Crippen molar-refractivity contribution < 1.29 is 9.72 Å². The number of hydrogen-bond donors (Lipinski definition) is 2. The van der Waals surface area contributed by atoms with E-state index in [-0.39, 0.29) is 10.9 Å². The van der Waals surface area contributed by atoms with Crippen molar-refractivity contribution in [3.05, 3.63) is 54.5 Å². The lowest BCUT2D eigenvalue weighted by atomic mass is 10.2. The highest BCUT2D eigenvalue weighted by Crippen LogP contribution is 2.22. The van der Waals surface area contributed by atoms with Gasteiger partial charge in [-0.15, -0.1) is 0 Å². The Morgan fingerprint density at radius 2 is 2.17 bits per heavy atom. The number of nitrogens with zero attached hydrogens (tertiary/aromatic N) is 2. The minimum absolute atomic E-state index is 0.0343. The Morgan fingerprint density at radius 1 is 1.42 bits per heavy atom. The average molecular weight is 458 g/mol. The van der Waals surface area contributed by atoms with Gasteiger partial charge in [-0.05, 0) is 66.3 Å². The van der Waals surface area contributed by atoms with E-state index in [0.29, 0.717) is 4.88 Å². The summed E-state index contributed by atoms with van der Waals surface area (Å²) in [7, 11) is 0. The summed E-state index contributed by atoms with van der Waals surface area (Å²) < 4.78 is 1.13. The van der Waals surface area contributed by atoms with Gasteiger partial charge < -0.3 is 5.32 Å². The number of nitro groups is 1. The standard InChI is InChI=1S/C15H15IN4O3S/c1-9-7-11(16)3-5-13(9)18-10(2)15(21)19-17-8-12-4-6-14(24-12)20(22)23/h3-8,10,18H,1-2H3,(H,19,21). The summed E-state index contributed by atoms with van der Waals surface area (Å²) in [5.41, 5.74) is 4.36. The Morgan fingerprint density at radius 3 is 2.79 bits per heavy atom. The third-order valence-electron chi connectivity index (χ3n) is 3.11. The summed E-state index contributed by atoms with van der Waals surface area (Å²) in [4.78, 5) is 22.8. The van der Waals surface area contributed by atoms with Crippen LogP contribution in [0.3, 0.4) is 0 Å². The second-order valence-electron chi connectivity index (χ2n) is 4.99. The van der Waals surface area contributed by atoms with E-state index in [0.717, 1.165) is 26.2 Å². The fraction of sp³-hybridized carbons (Fsp3) is 0.200. The first-order valence-corrected chi connectivity index (χ1v) is 8.86. The predicted octanol–water partition coefficient (Wildman–Crippen LogP) is 3.52. The number of aryl methyl sites for hydroxylation is 1. The van der Waals surface area contributed by atoms with Gasteiger partial charge >= 0.3 is 5.00 Å². The lowest BCUT2D eigenvalue weighted by molar-refractivity contribution is -0.380. The molecule has 1 atom stereocenters. The fourth-order valence-corrected chi connectivity index (χ4v) is 3.19. The number of amides is 1. The van der Waals surface area contributed by atoms with Gasteiger partial charge in [0.15, 0.2) is 0 Å². The number of thiophene rings is 1. The highest BCUT2D eigenvalue weighted by atomic mass is 127. The van der Waals surface area contributed by atoms with Crippen molar-refractivity contribution >= 4 is 56.7 Å². The number of benzene rings is 1. The molecule has 9 heteroatoms. The molecule has 0 aliphatic carbocycles. The molecule has 2 rings (SSSR count). The molecule has 7 nitrogen and oxygen atoms in total. The van der Waals surface area contributed by atoms with Crippen LogP contribution in [0, 0.1) is 20.6 Å². The Hall–Kier alpha value is -2.01. The smallest absolute Gasteiger partial charge is 0.324 e. The van der Waals surface area contributed by atoms with Gasteiger partial charge in [0.2, 0.25) is 0 Å². The number of anilines is 1. The predicted molar refractivity (Wildman–Crippen MR) is 104 cm³/mol. The van der Waals surface area contributed by atoms with Crippen molar-refractivity contribution in [3.63, 3.8) is 0 Å². The summed E-state index contributed by atoms with van der Waals surface area (Å²) >= 11 is 3.22. The summed E-state index contributed by atoms with van der Waals surface area (Å²) in [5, 5.41) is 17.6. The molecule has 24 heavy (non-hydrogen) atoms. The molecule has 2 N–H and O–H groups in total. The lowest BCUT2D eigenvalue weighted by Gasteiger charge is -2.15. The molecule has 1 heterocycles. The minimum atomic E-state index is -0.474. The van der Waals surface area contributed by atoms with Crippen molar-refractivity contribution in [1.82, 2.24) is 5.43 Å². The fourth-order valence-electron chi connectivity index (χ4n) is 1.85. The van der Waals surface area contributed by atoms with Gasteiger partial charge in [-0.1, -0.05) is 11.3 Å². The second-order valence-corrected chi connectivity index (χ2v) is 7.33. The maximum Gasteiger partial charge on any atom is 0.324 e. The number of nitrogens with one attached hydrogen (secondary N) is 2. The first kappa shape index (κ1) is 18.3. The summed E-state index contributed by atoms with van der Waals surface area (Å²) in [6.45, 7) is 3.70. The molecular formula is C15H15IN4O3S. The van der Waals surface area contributed by atoms with E-state index in [4.69, 9.17) is 0 Å². The third kappa shape index (κ3) is 4.99. The molecule has 0 aliphatic rings. The molecule has 0 saturated heterocycles. The topological polar surface area (TPSA) is 96.6 Å². The van der Waals surface area contributed by atoms with Crippen molar-refractivity contribution in [2.45, 2.75) is 19.9 Å². The van der Waals surface area contributed by atoms with Crippen LogP contribution < -0.4 is 10.7 Å². The van der Waals surface area contributed by atoms with Crippen LogP contribution in [0.15, 0.2) is 35.4 Å². The van der Waals surface area contributed by atoms with Crippen molar-refractivity contribution in [2.24, 2.45) is 5.10 Å². The number of rotatable bonds is 6. The van der Waals surface area contributed by atoms with Gasteiger partial charge in [-0.3, -0.25) is 14.9 Å². The summed E-state index contributed by atoms with van der Waals surface area (Å²) in [5.74, 6) is -0.296. The maximum atomic E-state index is 12.0. The zero-order chi connectivity index (χ0) is 17.7. The van der Waals surface area contributed by atoms with E-state index in [1.54, 1.807) is 13.0 Å². The maximum absolute atomic E-state index is 12.0. The van der Waals surface area contributed by atoms with E-state index in [9.17, 15) is 14.9 Å². The van der Waals surface area contributed by atoms with Crippen LogP contribution in [-0.2, 0) is 4.79 Å². The van der Waals surface area contributed by atoms with Crippen LogP contribution in [0.4, 0.5) is 10.7 Å². The van der Waals surface area contributed by atoms with Crippen molar-refractivity contribution in [2.75, 3.05) is 5.32 Å². The van der Waals surface area contributed by atoms with Gasteiger partial charge in [0.1, 0.15) is 6.04 Å². The molecule has 2 aromatic rings. The van der Waals surface area contributed by atoms with Gasteiger partial charge in [-0.25, -0.2) is 5.43 Å². The zero-order valence-electron chi connectivity index (χ0n) is 12.9. The monoisotopic (exact) mass is 458 g/mol. The molecule has 1 aromatic carbocycles. The molecule has 1 unspecified atom stereocenters. The molecule has 0 aliphatic heterocycles. The number of hydrogen-bond acceptors (Lipinski definition) is 6. The van der Waals surface area contributed by atoms with Crippen molar-refractivity contribution in [3.8, 4) is 0 Å². The molecular weight excluding hydrogens is 443 g/mol. The zero-order valence-corrected chi connectivity index (χ0v) is 15.9. The molecule has 1 aromatic heterocycles. The van der Waals surface area contributed by atoms with Gasteiger partial charge in [0.05, 0.1) is 16.0 Å². The van der Waals surface area contributed by atoms with Crippen LogP contribution in [0.25, 0.3) is 0 Å². The van der Waals surface area contributed by atoms with Gasteiger partial charge in [0, 0.05) is 15.3 Å². The largest absolute Gasteiger partial charge is 0.374 e. The van der Waals surface area contributed by atoms with E-state index < -0.39 is 11.0 Å². The van der Waals surface area contributed by atoms with E-state index >= 15 is 0 Å². The number of hydrazone groups is 1. The minimum Gasteiger partial charge on any atom is -0.374 e. The van der Waals surface area contributed by atoms with Gasteiger partial charge in [0.25, 0.3) is 5.91 Å². The SMILES string of the molecule is Cc1cc(I)ccc1NC(C)C(=O)NN=Cc1ccc([N+](=O)[O-])s1. The van der Waals surface area contributed by atoms with Crippen LogP contribution in [0.2, 0.25) is 0 Å². The normalized spacial score (nSPS) is 12.1. The summed E-state index contributed by atoms with van der Waals surface area (Å²) in [6.07, 6.45) is 1.39. The summed E-state index contributed by atoms with van der Waals surface area (Å²) in [6, 6.07) is 8.41. The van der Waals surface area contributed by atoms with E-state index in [1.807, 2.05) is 25.1 Å². The van der Waals surface area contributed by atoms with Crippen LogP contribution in [-0.4, -0.2) is 23.1 Å². The molecule has 0 radical (unpaired) electrons. The molecule has 0 bridgehead atoms. The third-order valence-corrected chi connectivity index (χ3v) is 4.76. The van der Waals surface area contributed by atoms with Crippen LogP contribution >= 0.6 is 33.9 Å². The molecule has 0 spiro atoms. The molecule has 0 saturated carbocycles. The Kier molecular flexibility index (Phi) is 6.26.